The first kappa shape index (κ1) is 21.9. The molecule has 2 heterocycles. The normalized spacial score (nSPS) is 13.5. The van der Waals surface area contributed by atoms with Crippen molar-refractivity contribution in [2.75, 3.05) is 31.2 Å². The molecule has 0 bridgehead atoms. The van der Waals surface area contributed by atoms with Crippen molar-refractivity contribution in [2.24, 2.45) is 0 Å². The summed E-state index contributed by atoms with van der Waals surface area (Å²) in [5.41, 5.74) is 2.74. The number of carboxylic acid groups (broad SMARTS) is 1. The van der Waals surface area contributed by atoms with Crippen molar-refractivity contribution in [3.63, 3.8) is 0 Å². The zero-order chi connectivity index (χ0) is 22.1. The molecule has 0 radical (unpaired) electrons. The van der Waals surface area contributed by atoms with Gasteiger partial charge in [0, 0.05) is 29.9 Å². The number of aldehydes is 2. The Morgan fingerprint density at radius 1 is 0.839 bits per heavy atom. The number of carboxylic acids is 1. The van der Waals surface area contributed by atoms with Gasteiger partial charge < -0.3 is 14.4 Å². The Hall–Kier alpha value is -3.75. The van der Waals surface area contributed by atoms with Crippen LogP contribution < -0.4 is 4.90 Å². The van der Waals surface area contributed by atoms with E-state index in [9.17, 15) is 14.4 Å². The largest absolute Gasteiger partial charge is 0.478 e. The molecule has 31 heavy (non-hydrogen) atoms. The number of anilines is 1. The minimum atomic E-state index is -0.973. The van der Waals surface area contributed by atoms with E-state index in [0.717, 1.165) is 30.6 Å². The Morgan fingerprint density at radius 2 is 1.48 bits per heavy atom. The van der Waals surface area contributed by atoms with E-state index in [0.29, 0.717) is 30.8 Å². The SMILES string of the molecule is O=Cc1ccc(-c2ccc(C(=O)O)cc2)o1.O=Cc1ccc(N2CCOOCC2)cc1. The molecular weight excluding hydrogens is 402 g/mol. The summed E-state index contributed by atoms with van der Waals surface area (Å²) in [4.78, 5) is 43.5. The van der Waals surface area contributed by atoms with Gasteiger partial charge in [0.2, 0.25) is 0 Å². The third kappa shape index (κ3) is 6.11. The van der Waals surface area contributed by atoms with Gasteiger partial charge in [-0.05, 0) is 48.5 Å². The second kappa shape index (κ2) is 10.9. The van der Waals surface area contributed by atoms with Crippen molar-refractivity contribution >= 4 is 24.2 Å². The van der Waals surface area contributed by atoms with Crippen molar-refractivity contribution in [1.29, 1.82) is 0 Å². The number of hydrogen-bond acceptors (Lipinski definition) is 7. The van der Waals surface area contributed by atoms with E-state index in [2.05, 4.69) is 4.90 Å². The maximum atomic E-state index is 10.6. The van der Waals surface area contributed by atoms with Crippen molar-refractivity contribution < 1.29 is 33.7 Å². The highest BCUT2D eigenvalue weighted by molar-refractivity contribution is 5.88. The highest BCUT2D eigenvalue weighted by atomic mass is 17.2. The average molecular weight is 423 g/mol. The number of hydrogen-bond donors (Lipinski definition) is 1. The van der Waals surface area contributed by atoms with E-state index in [-0.39, 0.29) is 11.3 Å². The summed E-state index contributed by atoms with van der Waals surface area (Å²) in [6, 6.07) is 17.0. The molecule has 0 unspecified atom stereocenters. The summed E-state index contributed by atoms with van der Waals surface area (Å²) in [6.45, 7) is 2.74. The van der Waals surface area contributed by atoms with E-state index < -0.39 is 5.97 Å². The van der Waals surface area contributed by atoms with Gasteiger partial charge in [-0.3, -0.25) is 9.59 Å². The van der Waals surface area contributed by atoms with Crippen LogP contribution in [0.2, 0.25) is 0 Å². The van der Waals surface area contributed by atoms with E-state index in [1.165, 1.54) is 12.1 Å². The van der Waals surface area contributed by atoms with E-state index in [1.807, 2.05) is 24.3 Å². The molecule has 8 nitrogen and oxygen atoms in total. The molecule has 1 aliphatic heterocycles. The summed E-state index contributed by atoms with van der Waals surface area (Å²) < 4.78 is 5.20. The number of rotatable bonds is 5. The Morgan fingerprint density at radius 3 is 2.00 bits per heavy atom. The molecule has 1 fully saturated rings. The minimum Gasteiger partial charge on any atom is -0.478 e. The molecule has 1 N–H and O–H groups in total. The number of furan rings is 1. The lowest BCUT2D eigenvalue weighted by molar-refractivity contribution is -0.284. The molecular formula is C23H21NO7. The van der Waals surface area contributed by atoms with Gasteiger partial charge in [0.15, 0.2) is 12.0 Å². The number of benzene rings is 2. The second-order valence-electron chi connectivity index (χ2n) is 6.54. The van der Waals surface area contributed by atoms with Gasteiger partial charge in [0.25, 0.3) is 0 Å². The van der Waals surface area contributed by atoms with Gasteiger partial charge in [0.1, 0.15) is 12.0 Å². The van der Waals surface area contributed by atoms with Gasteiger partial charge in [-0.2, -0.15) is 0 Å². The van der Waals surface area contributed by atoms with Crippen molar-refractivity contribution in [3.8, 4) is 11.3 Å². The fourth-order valence-electron chi connectivity index (χ4n) is 2.89. The van der Waals surface area contributed by atoms with Crippen LogP contribution in [0.25, 0.3) is 11.3 Å². The fourth-order valence-corrected chi connectivity index (χ4v) is 2.89. The summed E-state index contributed by atoms with van der Waals surface area (Å²) in [5.74, 6) is -0.184. The zero-order valence-electron chi connectivity index (χ0n) is 16.6. The molecule has 0 aliphatic carbocycles. The van der Waals surface area contributed by atoms with E-state index in [4.69, 9.17) is 19.3 Å². The lowest BCUT2D eigenvalue weighted by atomic mass is 10.1. The van der Waals surface area contributed by atoms with Crippen molar-refractivity contribution in [1.82, 2.24) is 0 Å². The van der Waals surface area contributed by atoms with Crippen LogP contribution in [0.15, 0.2) is 65.1 Å². The smallest absolute Gasteiger partial charge is 0.335 e. The molecule has 4 rings (SSSR count). The third-order valence-corrected chi connectivity index (χ3v) is 4.53. The lowest BCUT2D eigenvalue weighted by Gasteiger charge is -2.20. The summed E-state index contributed by atoms with van der Waals surface area (Å²) in [7, 11) is 0. The van der Waals surface area contributed by atoms with Crippen LogP contribution in [0.4, 0.5) is 5.69 Å². The lowest BCUT2D eigenvalue weighted by Crippen LogP contribution is -2.27. The fraction of sp³-hybridized carbons (Fsp3) is 0.174. The molecule has 3 aromatic rings. The molecule has 8 heteroatoms. The maximum absolute atomic E-state index is 10.6. The van der Waals surface area contributed by atoms with Crippen molar-refractivity contribution in [3.05, 3.63) is 77.6 Å². The summed E-state index contributed by atoms with van der Waals surface area (Å²) in [5, 5.41) is 8.72. The van der Waals surface area contributed by atoms with Crippen LogP contribution in [-0.2, 0) is 9.78 Å². The van der Waals surface area contributed by atoms with Gasteiger partial charge in [0.05, 0.1) is 18.8 Å². The van der Waals surface area contributed by atoms with Crippen LogP contribution in [0, 0.1) is 0 Å². The molecule has 0 saturated carbocycles. The summed E-state index contributed by atoms with van der Waals surface area (Å²) >= 11 is 0. The predicted octanol–water partition coefficient (Wildman–Crippen LogP) is 3.72. The van der Waals surface area contributed by atoms with Crippen LogP contribution in [0.5, 0.6) is 0 Å². The first-order valence-electron chi connectivity index (χ1n) is 9.54. The Balaban J connectivity index is 0.000000176. The van der Waals surface area contributed by atoms with Crippen LogP contribution in [0.3, 0.4) is 0 Å². The predicted molar refractivity (Wildman–Crippen MR) is 112 cm³/mol. The average Bonchev–Trinajstić information content (AvgIpc) is 3.14. The number of carbonyl (C=O) groups is 3. The van der Waals surface area contributed by atoms with Crippen LogP contribution >= 0.6 is 0 Å². The topological polar surface area (TPSA) is 106 Å². The highest BCUT2D eigenvalue weighted by Crippen LogP contribution is 2.22. The third-order valence-electron chi connectivity index (χ3n) is 4.53. The number of aromatic carboxylic acids is 1. The zero-order valence-corrected chi connectivity index (χ0v) is 16.6. The maximum Gasteiger partial charge on any atom is 0.335 e. The molecule has 1 aromatic heterocycles. The van der Waals surface area contributed by atoms with Gasteiger partial charge in [-0.1, -0.05) is 12.1 Å². The number of carbonyl (C=O) groups excluding carboxylic acids is 2. The monoisotopic (exact) mass is 423 g/mol. The molecule has 2 aromatic carbocycles. The van der Waals surface area contributed by atoms with E-state index >= 15 is 0 Å². The Bertz CT molecular complexity index is 1000. The standard InChI is InChI=1S/C12H8O4.C11H13NO3/c13-7-10-5-6-11(16-10)8-1-3-9(4-2-8)12(14)15;13-9-10-1-3-11(4-2-10)12-5-7-14-15-8-6-12/h1-7H,(H,14,15);1-4,9H,5-8H2. The molecule has 0 spiro atoms. The minimum absolute atomic E-state index is 0.214. The molecule has 0 atom stereocenters. The van der Waals surface area contributed by atoms with Gasteiger partial charge >= 0.3 is 5.97 Å². The van der Waals surface area contributed by atoms with E-state index in [1.54, 1.807) is 24.3 Å². The molecule has 0 amide bonds. The highest BCUT2D eigenvalue weighted by Gasteiger charge is 2.10. The summed E-state index contributed by atoms with van der Waals surface area (Å²) in [6.07, 6.45) is 1.47. The van der Waals surface area contributed by atoms with Crippen LogP contribution in [-0.4, -0.2) is 50.0 Å². The van der Waals surface area contributed by atoms with Crippen LogP contribution in [0.1, 0.15) is 31.3 Å². The van der Waals surface area contributed by atoms with Crippen molar-refractivity contribution in [2.45, 2.75) is 0 Å². The Kier molecular flexibility index (Phi) is 7.69. The molecule has 1 saturated heterocycles. The number of nitrogens with zero attached hydrogens (tertiary/aromatic N) is 1. The Labute approximate surface area is 178 Å². The van der Waals surface area contributed by atoms with Gasteiger partial charge in [-0.25, -0.2) is 14.6 Å². The second-order valence-corrected chi connectivity index (χ2v) is 6.54. The molecule has 1 aliphatic rings. The quantitative estimate of drug-likeness (QED) is 0.489. The first-order chi connectivity index (χ1) is 15.1. The first-order valence-corrected chi connectivity index (χ1v) is 9.54. The van der Waals surface area contributed by atoms with Gasteiger partial charge in [-0.15, -0.1) is 0 Å². The molecule has 160 valence electrons.